The Morgan fingerprint density at radius 3 is 2.43 bits per heavy atom. The monoisotopic (exact) mass is 477 g/mol. The van der Waals surface area contributed by atoms with Crippen molar-refractivity contribution in [1.82, 2.24) is 5.32 Å². The summed E-state index contributed by atoms with van der Waals surface area (Å²) in [6.07, 6.45) is 8.64. The van der Waals surface area contributed by atoms with E-state index < -0.39 is 6.04 Å². The number of fused-ring (bicyclic) bond motifs is 1. The van der Waals surface area contributed by atoms with Gasteiger partial charge in [0.2, 0.25) is 11.8 Å². The summed E-state index contributed by atoms with van der Waals surface area (Å²) in [4.78, 5) is 27.3. The van der Waals surface area contributed by atoms with E-state index in [0.717, 1.165) is 34.4 Å². The predicted molar refractivity (Wildman–Crippen MR) is 140 cm³/mol. The van der Waals surface area contributed by atoms with Crippen LogP contribution in [0.4, 0.5) is 5.69 Å². The molecule has 4 rings (SSSR count). The number of nitrogens with two attached hydrogens (primary N) is 1. The summed E-state index contributed by atoms with van der Waals surface area (Å²) < 4.78 is 0. The van der Waals surface area contributed by atoms with Crippen LogP contribution in [0, 0.1) is 19.8 Å². The van der Waals surface area contributed by atoms with E-state index in [9.17, 15) is 14.7 Å². The predicted octanol–water partition coefficient (Wildman–Crippen LogP) is 4.62. The summed E-state index contributed by atoms with van der Waals surface area (Å²) >= 11 is 0. The average molecular weight is 478 g/mol. The third-order valence-electron chi connectivity index (χ3n) is 7.79. The van der Waals surface area contributed by atoms with Gasteiger partial charge in [-0.2, -0.15) is 0 Å². The van der Waals surface area contributed by atoms with Crippen molar-refractivity contribution in [3.05, 3.63) is 58.1 Å². The number of carbonyl (C=O) groups is 2. The largest absolute Gasteiger partial charge is 0.508 e. The number of benzene rings is 2. The highest BCUT2D eigenvalue weighted by atomic mass is 16.3. The summed E-state index contributed by atoms with van der Waals surface area (Å²) in [6.45, 7) is 6.01. The number of phenols is 1. The van der Waals surface area contributed by atoms with Gasteiger partial charge in [0.1, 0.15) is 5.75 Å². The molecule has 2 aromatic carbocycles. The molecule has 188 valence electrons. The number of nitrogens with zero attached hydrogens (tertiary/aromatic N) is 1. The maximum atomic E-state index is 13.2. The van der Waals surface area contributed by atoms with Crippen molar-refractivity contribution in [2.75, 3.05) is 11.4 Å². The van der Waals surface area contributed by atoms with Gasteiger partial charge in [-0.05, 0) is 85.0 Å². The molecular weight excluding hydrogens is 438 g/mol. The van der Waals surface area contributed by atoms with Crippen LogP contribution in [0.3, 0.4) is 0 Å². The third-order valence-corrected chi connectivity index (χ3v) is 7.79. The van der Waals surface area contributed by atoms with Crippen LogP contribution in [0.2, 0.25) is 0 Å². The molecular formula is C29H39N3O3. The van der Waals surface area contributed by atoms with Gasteiger partial charge >= 0.3 is 0 Å². The highest BCUT2D eigenvalue weighted by molar-refractivity contribution is 5.93. The lowest BCUT2D eigenvalue weighted by Gasteiger charge is -2.35. The fraction of sp³-hybridized carbons (Fsp3) is 0.517. The Bertz CT molecular complexity index is 1070. The zero-order chi connectivity index (χ0) is 25.1. The zero-order valence-electron chi connectivity index (χ0n) is 21.3. The van der Waals surface area contributed by atoms with Crippen LogP contribution in [0.5, 0.6) is 5.75 Å². The molecule has 2 amide bonds. The van der Waals surface area contributed by atoms with Gasteiger partial charge in [-0.3, -0.25) is 9.59 Å². The second-order valence-corrected chi connectivity index (χ2v) is 10.5. The Hall–Kier alpha value is -2.86. The summed E-state index contributed by atoms with van der Waals surface area (Å²) in [7, 11) is 0. The molecule has 0 spiro atoms. The standard InChI is InChI=1S/C29H39N3O3/c1-18-13-23(34)14-19(2)24(18)17-26(30)29(35)31-27-11-12-32(20(3)33)28-10-9-22(16-25(27)28)15-21-7-5-4-6-8-21/h9-10,13-14,16,21,26-27,34H,4-8,11-12,15,17,30H2,1-3H3,(H,31,35)/t26-,27+/m0/s1. The minimum absolute atomic E-state index is 0.0195. The smallest absolute Gasteiger partial charge is 0.237 e. The van der Waals surface area contributed by atoms with Crippen molar-refractivity contribution in [3.8, 4) is 5.75 Å². The Morgan fingerprint density at radius 1 is 1.09 bits per heavy atom. The molecule has 2 aromatic rings. The molecule has 1 aliphatic carbocycles. The lowest BCUT2D eigenvalue weighted by atomic mass is 9.83. The lowest BCUT2D eigenvalue weighted by molar-refractivity contribution is -0.123. The molecule has 4 N–H and O–H groups in total. The van der Waals surface area contributed by atoms with Gasteiger partial charge in [0.05, 0.1) is 12.1 Å². The number of hydrogen-bond acceptors (Lipinski definition) is 4. The van der Waals surface area contributed by atoms with Crippen molar-refractivity contribution in [3.63, 3.8) is 0 Å². The normalized spacial score (nSPS) is 19.2. The van der Waals surface area contributed by atoms with E-state index in [1.54, 1.807) is 19.1 Å². The van der Waals surface area contributed by atoms with Crippen LogP contribution in [0.25, 0.3) is 0 Å². The van der Waals surface area contributed by atoms with Gasteiger partial charge < -0.3 is 21.1 Å². The number of hydrogen-bond donors (Lipinski definition) is 3. The number of rotatable bonds is 6. The highest BCUT2D eigenvalue weighted by Gasteiger charge is 2.30. The molecule has 35 heavy (non-hydrogen) atoms. The highest BCUT2D eigenvalue weighted by Crippen LogP contribution is 2.36. The summed E-state index contributed by atoms with van der Waals surface area (Å²) in [5.74, 6) is 0.764. The van der Waals surface area contributed by atoms with Gasteiger partial charge in [0.25, 0.3) is 0 Å². The first kappa shape index (κ1) is 25.2. The number of nitrogens with one attached hydrogen (secondary N) is 1. The molecule has 6 heteroatoms. The van der Waals surface area contributed by atoms with Crippen molar-refractivity contribution in [2.45, 2.75) is 84.2 Å². The lowest BCUT2D eigenvalue weighted by Crippen LogP contribution is -2.46. The quantitative estimate of drug-likeness (QED) is 0.566. The molecule has 6 nitrogen and oxygen atoms in total. The number of amides is 2. The molecule has 0 bridgehead atoms. The maximum absolute atomic E-state index is 13.2. The molecule has 0 radical (unpaired) electrons. The first-order chi connectivity index (χ1) is 16.7. The number of aryl methyl sites for hydroxylation is 2. The van der Waals surface area contributed by atoms with Crippen LogP contribution in [0.15, 0.2) is 30.3 Å². The van der Waals surface area contributed by atoms with Gasteiger partial charge in [-0.1, -0.05) is 44.2 Å². The van der Waals surface area contributed by atoms with Crippen molar-refractivity contribution >= 4 is 17.5 Å². The van der Waals surface area contributed by atoms with Crippen LogP contribution < -0.4 is 16.0 Å². The summed E-state index contributed by atoms with van der Waals surface area (Å²) in [6, 6.07) is 8.93. The molecule has 1 heterocycles. The average Bonchev–Trinajstić information content (AvgIpc) is 2.82. The van der Waals surface area contributed by atoms with Gasteiger partial charge in [0.15, 0.2) is 0 Å². The number of phenolic OH excluding ortho intramolecular Hbond substituents is 1. The Morgan fingerprint density at radius 2 is 1.77 bits per heavy atom. The molecule has 0 saturated heterocycles. The van der Waals surface area contributed by atoms with Crippen molar-refractivity contribution < 1.29 is 14.7 Å². The van der Waals surface area contributed by atoms with Crippen molar-refractivity contribution in [2.24, 2.45) is 11.7 Å². The van der Waals surface area contributed by atoms with Crippen molar-refractivity contribution in [1.29, 1.82) is 0 Å². The van der Waals surface area contributed by atoms with E-state index in [4.69, 9.17) is 5.73 Å². The first-order valence-electron chi connectivity index (χ1n) is 13.0. The minimum atomic E-state index is -0.698. The second-order valence-electron chi connectivity index (χ2n) is 10.5. The third kappa shape index (κ3) is 5.87. The second kappa shape index (κ2) is 10.8. The van der Waals surface area contributed by atoms with Crippen LogP contribution in [-0.2, 0) is 22.4 Å². The molecule has 2 aliphatic rings. The SMILES string of the molecule is CC(=O)N1CC[C@@H](NC(=O)[C@@H](N)Cc2c(C)cc(O)cc2C)c2cc(CC3CCCCC3)ccc21. The van der Waals surface area contributed by atoms with Gasteiger partial charge in [-0.25, -0.2) is 0 Å². The number of carbonyl (C=O) groups excluding carboxylic acids is 2. The van der Waals surface area contributed by atoms with Crippen LogP contribution >= 0.6 is 0 Å². The van der Waals surface area contributed by atoms with E-state index in [1.807, 2.05) is 18.7 Å². The number of anilines is 1. The molecule has 0 unspecified atom stereocenters. The Balaban J connectivity index is 1.52. The number of aromatic hydroxyl groups is 1. The first-order valence-corrected chi connectivity index (χ1v) is 13.0. The Kier molecular flexibility index (Phi) is 7.80. The van der Waals surface area contributed by atoms with E-state index >= 15 is 0 Å². The molecule has 1 fully saturated rings. The molecule has 0 aromatic heterocycles. The van der Waals surface area contributed by atoms with E-state index in [0.29, 0.717) is 25.3 Å². The van der Waals surface area contributed by atoms with Crippen LogP contribution in [0.1, 0.15) is 79.3 Å². The molecule has 1 aliphatic heterocycles. The fourth-order valence-electron chi connectivity index (χ4n) is 5.88. The van der Waals surface area contributed by atoms with E-state index in [2.05, 4.69) is 23.5 Å². The summed E-state index contributed by atoms with van der Waals surface area (Å²) in [5.41, 5.74) is 12.4. The van der Waals surface area contributed by atoms with Gasteiger partial charge in [0, 0.05) is 19.2 Å². The summed E-state index contributed by atoms with van der Waals surface area (Å²) in [5, 5.41) is 13.0. The zero-order valence-corrected chi connectivity index (χ0v) is 21.3. The van der Waals surface area contributed by atoms with E-state index in [-0.39, 0.29) is 23.6 Å². The Labute approximate surface area is 208 Å². The van der Waals surface area contributed by atoms with Gasteiger partial charge in [-0.15, -0.1) is 0 Å². The molecule has 2 atom stereocenters. The van der Waals surface area contributed by atoms with Crippen LogP contribution in [-0.4, -0.2) is 29.5 Å². The maximum Gasteiger partial charge on any atom is 0.237 e. The molecule has 1 saturated carbocycles. The fourth-order valence-corrected chi connectivity index (χ4v) is 5.88. The minimum Gasteiger partial charge on any atom is -0.508 e. The van der Waals surface area contributed by atoms with E-state index in [1.165, 1.54) is 37.7 Å². The topological polar surface area (TPSA) is 95.7 Å².